The van der Waals surface area contributed by atoms with Crippen molar-refractivity contribution in [2.24, 2.45) is 0 Å². The van der Waals surface area contributed by atoms with Crippen molar-refractivity contribution in [2.45, 2.75) is 0 Å². The van der Waals surface area contributed by atoms with E-state index < -0.39 is 5.82 Å². The van der Waals surface area contributed by atoms with E-state index in [1.165, 1.54) is 12.1 Å². The first-order valence-corrected chi connectivity index (χ1v) is 5.69. The highest BCUT2D eigenvalue weighted by molar-refractivity contribution is 9.10. The predicted molar refractivity (Wildman–Crippen MR) is 66.2 cm³/mol. The van der Waals surface area contributed by atoms with Gasteiger partial charge in [0.05, 0.1) is 5.02 Å². The summed E-state index contributed by atoms with van der Waals surface area (Å²) in [5, 5.41) is 10.00. The van der Waals surface area contributed by atoms with Crippen LogP contribution in [0.4, 0.5) is 4.39 Å². The van der Waals surface area contributed by atoms with E-state index in [1.54, 1.807) is 24.3 Å². The smallest absolute Gasteiger partial charge is 0.132 e. The second kappa shape index (κ2) is 4.44. The van der Waals surface area contributed by atoms with Crippen molar-refractivity contribution in [3.63, 3.8) is 0 Å². The highest BCUT2D eigenvalue weighted by Crippen LogP contribution is 2.37. The Balaban J connectivity index is 2.68. The largest absolute Gasteiger partial charge is 0.507 e. The summed E-state index contributed by atoms with van der Waals surface area (Å²) in [4.78, 5) is 0. The summed E-state index contributed by atoms with van der Waals surface area (Å²) in [6.45, 7) is 0. The van der Waals surface area contributed by atoms with Crippen LogP contribution in [0, 0.1) is 5.82 Å². The van der Waals surface area contributed by atoms with Gasteiger partial charge in [-0.15, -0.1) is 0 Å². The number of phenolic OH excluding ortho intramolecular Hbond substituents is 1. The molecule has 0 saturated carbocycles. The summed E-state index contributed by atoms with van der Waals surface area (Å²) in [6.07, 6.45) is 0. The van der Waals surface area contributed by atoms with Crippen LogP contribution < -0.4 is 0 Å². The van der Waals surface area contributed by atoms with Crippen molar-refractivity contribution < 1.29 is 9.50 Å². The molecule has 0 aliphatic carbocycles. The van der Waals surface area contributed by atoms with Gasteiger partial charge in [-0.1, -0.05) is 39.7 Å². The average molecular weight is 302 g/mol. The zero-order valence-corrected chi connectivity index (χ0v) is 10.4. The molecule has 16 heavy (non-hydrogen) atoms. The maximum Gasteiger partial charge on any atom is 0.132 e. The lowest BCUT2D eigenvalue weighted by Crippen LogP contribution is -1.86. The predicted octanol–water partition coefficient (Wildman–Crippen LogP) is 4.61. The Morgan fingerprint density at radius 2 is 1.94 bits per heavy atom. The normalized spacial score (nSPS) is 10.4. The van der Waals surface area contributed by atoms with E-state index >= 15 is 0 Å². The van der Waals surface area contributed by atoms with Crippen molar-refractivity contribution in [3.05, 3.63) is 51.7 Å². The van der Waals surface area contributed by atoms with Gasteiger partial charge in [-0.3, -0.25) is 0 Å². The van der Waals surface area contributed by atoms with Crippen LogP contribution >= 0.6 is 27.5 Å². The fraction of sp³-hybridized carbons (Fsp3) is 0. The van der Waals surface area contributed by atoms with Crippen LogP contribution in [-0.4, -0.2) is 5.11 Å². The van der Waals surface area contributed by atoms with E-state index in [0.717, 1.165) is 0 Å². The monoisotopic (exact) mass is 300 g/mol. The third-order valence-corrected chi connectivity index (χ3v) is 3.00. The lowest BCUT2D eigenvalue weighted by molar-refractivity contribution is 0.477. The third kappa shape index (κ3) is 2.06. The first kappa shape index (κ1) is 11.4. The van der Waals surface area contributed by atoms with Crippen LogP contribution in [0.3, 0.4) is 0 Å². The Kier molecular flexibility index (Phi) is 3.17. The lowest BCUT2D eigenvalue weighted by Gasteiger charge is -2.08. The maximum absolute atomic E-state index is 13.7. The second-order valence-electron chi connectivity index (χ2n) is 3.26. The number of rotatable bonds is 1. The molecule has 0 unspecified atom stereocenters. The van der Waals surface area contributed by atoms with E-state index in [2.05, 4.69) is 15.9 Å². The van der Waals surface area contributed by atoms with Crippen LogP contribution in [0.2, 0.25) is 5.02 Å². The van der Waals surface area contributed by atoms with Crippen LogP contribution in [0.25, 0.3) is 11.1 Å². The minimum absolute atomic E-state index is 0.0336. The summed E-state index contributed by atoms with van der Waals surface area (Å²) in [5.41, 5.74) is 0.598. The summed E-state index contributed by atoms with van der Waals surface area (Å²) >= 11 is 9.11. The molecular formula is C12H7BrClFO. The summed E-state index contributed by atoms with van der Waals surface area (Å²) in [5.74, 6) is -0.466. The second-order valence-corrected chi connectivity index (χ2v) is 4.58. The Hall–Kier alpha value is -1.06. The maximum atomic E-state index is 13.7. The molecule has 82 valence electrons. The highest BCUT2D eigenvalue weighted by atomic mass is 79.9. The molecule has 0 atom stereocenters. The zero-order valence-electron chi connectivity index (χ0n) is 8.05. The van der Waals surface area contributed by atoms with Gasteiger partial charge >= 0.3 is 0 Å². The summed E-state index contributed by atoms with van der Waals surface area (Å²) < 4.78 is 14.3. The minimum atomic E-state index is -0.433. The number of aromatic hydroxyl groups is 1. The van der Waals surface area contributed by atoms with Gasteiger partial charge in [0.2, 0.25) is 0 Å². The fourth-order valence-electron chi connectivity index (χ4n) is 1.47. The SMILES string of the molecule is Oc1cccc(Cl)c1-c1ccc(Br)cc1F. The molecule has 0 amide bonds. The van der Waals surface area contributed by atoms with Gasteiger partial charge in [-0.2, -0.15) is 0 Å². The lowest BCUT2D eigenvalue weighted by atomic mass is 10.0. The molecule has 2 rings (SSSR count). The van der Waals surface area contributed by atoms with E-state index in [-0.39, 0.29) is 11.3 Å². The number of hydrogen-bond acceptors (Lipinski definition) is 1. The van der Waals surface area contributed by atoms with Crippen LogP contribution in [0.15, 0.2) is 40.9 Å². The highest BCUT2D eigenvalue weighted by Gasteiger charge is 2.13. The Morgan fingerprint density at radius 1 is 1.19 bits per heavy atom. The minimum Gasteiger partial charge on any atom is -0.507 e. The molecule has 1 N–H and O–H groups in total. The molecule has 2 aromatic rings. The van der Waals surface area contributed by atoms with Gasteiger partial charge in [0.1, 0.15) is 11.6 Å². The number of halogens is 3. The Bertz CT molecular complexity index is 522. The van der Waals surface area contributed by atoms with Crippen LogP contribution in [-0.2, 0) is 0 Å². The van der Waals surface area contributed by atoms with Gasteiger partial charge in [0, 0.05) is 15.6 Å². The Morgan fingerprint density at radius 3 is 2.56 bits per heavy atom. The van der Waals surface area contributed by atoms with Crippen molar-refractivity contribution in [1.82, 2.24) is 0 Å². The van der Waals surface area contributed by atoms with Gasteiger partial charge < -0.3 is 5.11 Å². The molecule has 0 radical (unpaired) electrons. The van der Waals surface area contributed by atoms with E-state index in [4.69, 9.17) is 11.6 Å². The topological polar surface area (TPSA) is 20.2 Å². The first-order chi connectivity index (χ1) is 7.59. The molecule has 0 aromatic heterocycles. The molecule has 0 heterocycles. The first-order valence-electron chi connectivity index (χ1n) is 4.52. The molecule has 1 nitrogen and oxygen atoms in total. The van der Waals surface area contributed by atoms with Crippen molar-refractivity contribution in [1.29, 1.82) is 0 Å². The summed E-state index contributed by atoms with van der Waals surface area (Å²) in [6, 6.07) is 9.29. The fourth-order valence-corrected chi connectivity index (χ4v) is 2.08. The molecular weight excluding hydrogens is 294 g/mol. The molecule has 2 aromatic carbocycles. The molecule has 0 aliphatic heterocycles. The van der Waals surface area contributed by atoms with E-state index in [0.29, 0.717) is 15.1 Å². The number of hydrogen-bond donors (Lipinski definition) is 1. The third-order valence-electron chi connectivity index (χ3n) is 2.19. The van der Waals surface area contributed by atoms with Gasteiger partial charge in [0.25, 0.3) is 0 Å². The van der Waals surface area contributed by atoms with Gasteiger partial charge in [0.15, 0.2) is 0 Å². The van der Waals surface area contributed by atoms with Crippen molar-refractivity contribution >= 4 is 27.5 Å². The van der Waals surface area contributed by atoms with E-state index in [9.17, 15) is 9.50 Å². The molecule has 0 fully saturated rings. The molecule has 0 aliphatic rings. The van der Waals surface area contributed by atoms with Gasteiger partial charge in [-0.05, 0) is 24.3 Å². The standard InChI is InChI=1S/C12H7BrClFO/c13-7-4-5-8(10(15)6-7)12-9(14)2-1-3-11(12)16/h1-6,16H. The molecule has 4 heteroatoms. The van der Waals surface area contributed by atoms with Crippen LogP contribution in [0.1, 0.15) is 0 Å². The quantitative estimate of drug-likeness (QED) is 0.815. The van der Waals surface area contributed by atoms with Gasteiger partial charge in [-0.25, -0.2) is 4.39 Å². The summed E-state index contributed by atoms with van der Waals surface area (Å²) in [7, 11) is 0. The number of phenols is 1. The average Bonchev–Trinajstić information content (AvgIpc) is 2.20. The van der Waals surface area contributed by atoms with Crippen molar-refractivity contribution in [2.75, 3.05) is 0 Å². The van der Waals surface area contributed by atoms with E-state index in [1.807, 2.05) is 0 Å². The molecule has 0 spiro atoms. The van der Waals surface area contributed by atoms with Crippen molar-refractivity contribution in [3.8, 4) is 16.9 Å². The van der Waals surface area contributed by atoms with Crippen LogP contribution in [0.5, 0.6) is 5.75 Å². The Labute approximate surface area is 106 Å². The molecule has 0 saturated heterocycles. The zero-order chi connectivity index (χ0) is 11.7. The molecule has 0 bridgehead atoms. The number of benzene rings is 2.